The molecule has 21 heavy (non-hydrogen) atoms. The van der Waals surface area contributed by atoms with Crippen LogP contribution >= 0.6 is 0 Å². The third-order valence-electron chi connectivity index (χ3n) is 3.11. The lowest BCUT2D eigenvalue weighted by atomic mass is 10.1. The van der Waals surface area contributed by atoms with E-state index in [1.165, 1.54) is 6.07 Å². The summed E-state index contributed by atoms with van der Waals surface area (Å²) < 4.78 is 18.4. The smallest absolute Gasteiger partial charge is 0.338 e. The van der Waals surface area contributed by atoms with Gasteiger partial charge >= 0.3 is 5.97 Å². The Morgan fingerprint density at radius 2 is 2.05 bits per heavy atom. The molecule has 1 amide bonds. The van der Waals surface area contributed by atoms with Gasteiger partial charge in [-0.15, -0.1) is 0 Å². The zero-order valence-electron chi connectivity index (χ0n) is 11.5. The molecule has 0 aliphatic carbocycles. The first kappa shape index (κ1) is 14.8. The van der Waals surface area contributed by atoms with E-state index in [2.05, 4.69) is 5.32 Å². The maximum atomic E-state index is 13.5. The van der Waals surface area contributed by atoms with E-state index in [0.717, 1.165) is 12.3 Å². The van der Waals surface area contributed by atoms with Crippen LogP contribution in [0.2, 0.25) is 0 Å². The van der Waals surface area contributed by atoms with Gasteiger partial charge in [0.25, 0.3) is 5.91 Å². The summed E-state index contributed by atoms with van der Waals surface area (Å²) in [5.74, 6) is -2.19. The third kappa shape index (κ3) is 3.28. The number of aromatic carboxylic acids is 1. The van der Waals surface area contributed by atoms with E-state index in [1.807, 2.05) is 0 Å². The third-order valence-corrected chi connectivity index (χ3v) is 3.11. The van der Waals surface area contributed by atoms with Gasteiger partial charge in [-0.1, -0.05) is 12.1 Å². The minimum absolute atomic E-state index is 0.103. The zero-order valence-corrected chi connectivity index (χ0v) is 11.5. The van der Waals surface area contributed by atoms with E-state index in [9.17, 15) is 14.0 Å². The number of amides is 1. The highest BCUT2D eigenvalue weighted by molar-refractivity contribution is 5.95. The van der Waals surface area contributed by atoms with E-state index >= 15 is 0 Å². The molecule has 2 aromatic rings. The Balaban J connectivity index is 2.10. The molecule has 2 N–H and O–H groups in total. The van der Waals surface area contributed by atoms with Crippen molar-refractivity contribution >= 4 is 11.9 Å². The number of benzene rings is 1. The lowest BCUT2D eigenvalue weighted by Crippen LogP contribution is -2.26. The second-order valence-electron chi connectivity index (χ2n) is 4.71. The Labute approximate surface area is 120 Å². The summed E-state index contributed by atoms with van der Waals surface area (Å²) in [6.07, 6.45) is 0.994. The van der Waals surface area contributed by atoms with Gasteiger partial charge in [0.2, 0.25) is 0 Å². The number of carboxylic acids is 1. The van der Waals surface area contributed by atoms with Crippen LogP contribution < -0.4 is 5.32 Å². The van der Waals surface area contributed by atoms with Crippen molar-refractivity contribution in [2.45, 2.75) is 19.9 Å². The topological polar surface area (TPSA) is 79.5 Å². The van der Waals surface area contributed by atoms with E-state index in [-0.39, 0.29) is 17.1 Å². The molecular formula is C15H14FNO4. The summed E-state index contributed by atoms with van der Waals surface area (Å²) in [6.45, 7) is 3.35. The molecule has 5 nitrogen and oxygen atoms in total. The average molecular weight is 291 g/mol. The first-order valence-corrected chi connectivity index (χ1v) is 6.27. The maximum Gasteiger partial charge on any atom is 0.338 e. The van der Waals surface area contributed by atoms with Gasteiger partial charge in [0.1, 0.15) is 12.1 Å². The fourth-order valence-electron chi connectivity index (χ4n) is 1.80. The second kappa shape index (κ2) is 5.78. The number of halogens is 1. The minimum atomic E-state index is -1.17. The van der Waals surface area contributed by atoms with Crippen LogP contribution in [0.15, 0.2) is 34.9 Å². The molecule has 1 unspecified atom stereocenters. The largest absolute Gasteiger partial charge is 0.478 e. The van der Waals surface area contributed by atoms with Gasteiger partial charge in [-0.25, -0.2) is 9.18 Å². The Kier molecular flexibility index (Phi) is 4.07. The molecule has 110 valence electrons. The van der Waals surface area contributed by atoms with E-state index in [0.29, 0.717) is 11.1 Å². The summed E-state index contributed by atoms with van der Waals surface area (Å²) in [4.78, 5) is 22.6. The van der Waals surface area contributed by atoms with Gasteiger partial charge in [-0.05, 0) is 31.0 Å². The molecule has 2 rings (SSSR count). The molecule has 0 bridgehead atoms. The van der Waals surface area contributed by atoms with Crippen molar-refractivity contribution in [3.63, 3.8) is 0 Å². The highest BCUT2D eigenvalue weighted by atomic mass is 19.1. The molecule has 1 aromatic heterocycles. The van der Waals surface area contributed by atoms with Gasteiger partial charge in [0.05, 0.1) is 11.6 Å². The molecular weight excluding hydrogens is 277 g/mol. The highest BCUT2D eigenvalue weighted by Crippen LogP contribution is 2.17. The molecule has 0 aliphatic heterocycles. The summed E-state index contributed by atoms with van der Waals surface area (Å²) in [7, 11) is 0. The Bertz CT molecular complexity index is 693. The number of rotatable bonds is 4. The summed E-state index contributed by atoms with van der Waals surface area (Å²) in [5.41, 5.74) is 1.03. The van der Waals surface area contributed by atoms with Crippen molar-refractivity contribution in [3.8, 4) is 0 Å². The van der Waals surface area contributed by atoms with Crippen LogP contribution in [-0.2, 0) is 0 Å². The van der Waals surface area contributed by atoms with Gasteiger partial charge in [0.15, 0.2) is 5.76 Å². The Morgan fingerprint density at radius 3 is 2.62 bits per heavy atom. The predicted octanol–water partition coefficient (Wildman–Crippen LogP) is 2.92. The van der Waals surface area contributed by atoms with Crippen molar-refractivity contribution in [2.75, 3.05) is 0 Å². The summed E-state index contributed by atoms with van der Waals surface area (Å²) in [5, 5.41) is 11.4. The van der Waals surface area contributed by atoms with Crippen molar-refractivity contribution in [1.29, 1.82) is 0 Å². The first-order chi connectivity index (χ1) is 9.88. The predicted molar refractivity (Wildman–Crippen MR) is 72.7 cm³/mol. The van der Waals surface area contributed by atoms with Crippen LogP contribution in [0.4, 0.5) is 4.39 Å². The number of furan rings is 1. The molecule has 1 aromatic carbocycles. The molecule has 0 radical (unpaired) electrons. The molecule has 6 heteroatoms. The number of nitrogens with one attached hydrogen (secondary N) is 1. The number of hydrogen-bond donors (Lipinski definition) is 2. The zero-order chi connectivity index (χ0) is 15.6. The molecule has 0 fully saturated rings. The van der Waals surface area contributed by atoms with Crippen LogP contribution in [0.25, 0.3) is 0 Å². The summed E-state index contributed by atoms with van der Waals surface area (Å²) >= 11 is 0. The van der Waals surface area contributed by atoms with Gasteiger partial charge < -0.3 is 14.8 Å². The quantitative estimate of drug-likeness (QED) is 0.907. The number of carbonyl (C=O) groups excluding carboxylic acids is 1. The van der Waals surface area contributed by atoms with Gasteiger partial charge in [-0.2, -0.15) is 0 Å². The maximum absolute atomic E-state index is 13.5. The lowest BCUT2D eigenvalue weighted by molar-refractivity contribution is 0.0695. The molecule has 0 spiro atoms. The van der Waals surface area contributed by atoms with Crippen molar-refractivity contribution in [3.05, 3.63) is 58.8 Å². The Morgan fingerprint density at radius 1 is 1.33 bits per heavy atom. The van der Waals surface area contributed by atoms with E-state index < -0.39 is 17.9 Å². The molecule has 1 atom stereocenters. The number of hydrogen-bond acceptors (Lipinski definition) is 3. The first-order valence-electron chi connectivity index (χ1n) is 6.27. The fourth-order valence-corrected chi connectivity index (χ4v) is 1.80. The second-order valence-corrected chi connectivity index (χ2v) is 4.71. The lowest BCUT2D eigenvalue weighted by Gasteiger charge is -2.14. The average Bonchev–Trinajstić information content (AvgIpc) is 2.91. The van der Waals surface area contributed by atoms with E-state index in [1.54, 1.807) is 26.0 Å². The SMILES string of the molecule is Cc1ccc(C(C)NC(=O)c2cc(C(=O)O)co2)cc1F. The van der Waals surface area contributed by atoms with Crippen LogP contribution in [0.1, 0.15) is 45.0 Å². The molecule has 0 saturated carbocycles. The molecule has 0 aliphatic rings. The number of carbonyl (C=O) groups is 2. The van der Waals surface area contributed by atoms with Crippen LogP contribution in [0.5, 0.6) is 0 Å². The summed E-state index contributed by atoms with van der Waals surface area (Å²) in [6, 6.07) is 5.40. The van der Waals surface area contributed by atoms with Crippen molar-refractivity contribution in [1.82, 2.24) is 5.32 Å². The number of aryl methyl sites for hydroxylation is 1. The standard InChI is InChI=1S/C15H14FNO4/c1-8-3-4-10(5-12(8)16)9(2)17-14(18)13-6-11(7-21-13)15(19)20/h3-7,9H,1-2H3,(H,17,18)(H,19,20). The van der Waals surface area contributed by atoms with Crippen LogP contribution in [0, 0.1) is 12.7 Å². The molecule has 0 saturated heterocycles. The normalized spacial score (nSPS) is 12.0. The van der Waals surface area contributed by atoms with Crippen molar-refractivity contribution in [2.24, 2.45) is 0 Å². The van der Waals surface area contributed by atoms with E-state index in [4.69, 9.17) is 9.52 Å². The van der Waals surface area contributed by atoms with Crippen molar-refractivity contribution < 1.29 is 23.5 Å². The van der Waals surface area contributed by atoms with Gasteiger partial charge in [0, 0.05) is 6.07 Å². The Hall–Kier alpha value is -2.63. The fraction of sp³-hybridized carbons (Fsp3) is 0.200. The van der Waals surface area contributed by atoms with Gasteiger partial charge in [-0.3, -0.25) is 4.79 Å². The van der Waals surface area contributed by atoms with Crippen LogP contribution in [-0.4, -0.2) is 17.0 Å². The number of carboxylic acid groups (broad SMARTS) is 1. The highest BCUT2D eigenvalue weighted by Gasteiger charge is 2.17. The van der Waals surface area contributed by atoms with Crippen LogP contribution in [0.3, 0.4) is 0 Å². The monoisotopic (exact) mass is 291 g/mol. The minimum Gasteiger partial charge on any atom is -0.478 e. The molecule has 1 heterocycles.